The highest BCUT2D eigenvalue weighted by Gasteiger charge is 2.24. The molecule has 4 aromatic rings. The summed E-state index contributed by atoms with van der Waals surface area (Å²) in [5.41, 5.74) is 1.79. The van der Waals surface area contributed by atoms with Gasteiger partial charge in [0, 0.05) is 54.9 Å². The van der Waals surface area contributed by atoms with Crippen molar-refractivity contribution in [3.05, 3.63) is 60.5 Å². The monoisotopic (exact) mass is 443 g/mol. The molecular formula is C25H29N7O. The van der Waals surface area contributed by atoms with Crippen molar-refractivity contribution in [2.45, 2.75) is 39.2 Å². The van der Waals surface area contributed by atoms with Gasteiger partial charge in [-0.05, 0) is 30.7 Å². The Bertz CT molecular complexity index is 1230. The number of aromatic nitrogens is 5. The number of anilines is 1. The van der Waals surface area contributed by atoms with E-state index in [1.807, 2.05) is 18.2 Å². The molecule has 0 bridgehead atoms. The maximum absolute atomic E-state index is 5.48. The summed E-state index contributed by atoms with van der Waals surface area (Å²) >= 11 is 0. The second kappa shape index (κ2) is 8.86. The lowest BCUT2D eigenvalue weighted by Crippen LogP contribution is -2.31. The van der Waals surface area contributed by atoms with Gasteiger partial charge in [0.25, 0.3) is 0 Å². The van der Waals surface area contributed by atoms with Crippen LogP contribution in [0.1, 0.15) is 38.9 Å². The Morgan fingerprint density at radius 2 is 1.73 bits per heavy atom. The smallest absolute Gasteiger partial charge is 0.232 e. The largest absolute Gasteiger partial charge is 0.355 e. The third kappa shape index (κ3) is 4.71. The van der Waals surface area contributed by atoms with Crippen molar-refractivity contribution in [1.82, 2.24) is 30.0 Å². The number of fused-ring (bicyclic) bond motifs is 1. The molecule has 0 aliphatic carbocycles. The van der Waals surface area contributed by atoms with Gasteiger partial charge in [0.15, 0.2) is 11.6 Å². The van der Waals surface area contributed by atoms with Gasteiger partial charge >= 0.3 is 0 Å². The Labute approximate surface area is 193 Å². The maximum Gasteiger partial charge on any atom is 0.232 e. The summed E-state index contributed by atoms with van der Waals surface area (Å²) in [4.78, 5) is 23.3. The van der Waals surface area contributed by atoms with Crippen molar-refractivity contribution in [2.75, 3.05) is 31.1 Å². The zero-order chi connectivity index (χ0) is 22.8. The summed E-state index contributed by atoms with van der Waals surface area (Å²) in [5.74, 6) is 3.16. The number of benzene rings is 1. The van der Waals surface area contributed by atoms with E-state index in [0.29, 0.717) is 12.4 Å². The summed E-state index contributed by atoms with van der Waals surface area (Å²) in [7, 11) is 0. The summed E-state index contributed by atoms with van der Waals surface area (Å²) < 4.78 is 5.48. The van der Waals surface area contributed by atoms with E-state index in [0.717, 1.165) is 66.5 Å². The second-order valence-electron chi connectivity index (χ2n) is 9.51. The minimum atomic E-state index is -0.137. The molecule has 33 heavy (non-hydrogen) atoms. The van der Waals surface area contributed by atoms with Gasteiger partial charge < -0.3 is 9.42 Å². The molecule has 170 valence electrons. The quantitative estimate of drug-likeness (QED) is 0.466. The molecule has 1 aliphatic heterocycles. The molecule has 0 N–H and O–H groups in total. The standard InChI is InChI=1S/C25H29N7O/c1-25(2,3)24-28-21(30-33-24)17-31-13-6-14-32(16-15-31)23-19-7-4-5-8-20(19)27-22(29-23)18-9-11-26-12-10-18/h4-5,7-12H,6,13-17H2,1-3H3. The highest BCUT2D eigenvalue weighted by Crippen LogP contribution is 2.28. The lowest BCUT2D eigenvalue weighted by Gasteiger charge is -2.24. The van der Waals surface area contributed by atoms with E-state index in [1.165, 1.54) is 0 Å². The molecule has 0 spiro atoms. The fourth-order valence-corrected chi connectivity index (χ4v) is 4.09. The number of hydrogen-bond acceptors (Lipinski definition) is 8. The first kappa shape index (κ1) is 21.5. The molecular weight excluding hydrogens is 414 g/mol. The van der Waals surface area contributed by atoms with Crippen LogP contribution in [0.5, 0.6) is 0 Å². The number of para-hydroxylation sites is 1. The highest BCUT2D eigenvalue weighted by atomic mass is 16.5. The molecule has 8 nitrogen and oxygen atoms in total. The molecule has 5 rings (SSSR count). The van der Waals surface area contributed by atoms with Gasteiger partial charge in [-0.2, -0.15) is 4.98 Å². The molecule has 1 fully saturated rings. The van der Waals surface area contributed by atoms with E-state index >= 15 is 0 Å². The molecule has 0 unspecified atom stereocenters. The van der Waals surface area contributed by atoms with Crippen LogP contribution in [0.2, 0.25) is 0 Å². The third-order valence-corrected chi connectivity index (χ3v) is 5.88. The van der Waals surface area contributed by atoms with Crippen molar-refractivity contribution >= 4 is 16.7 Å². The molecule has 8 heteroatoms. The predicted octanol–water partition coefficient (Wildman–Crippen LogP) is 4.08. The highest BCUT2D eigenvalue weighted by molar-refractivity contribution is 5.91. The summed E-state index contributed by atoms with van der Waals surface area (Å²) in [6.45, 7) is 10.6. The van der Waals surface area contributed by atoms with Crippen molar-refractivity contribution in [2.24, 2.45) is 0 Å². The number of pyridine rings is 1. The zero-order valence-corrected chi connectivity index (χ0v) is 19.4. The van der Waals surface area contributed by atoms with Crippen LogP contribution in [-0.4, -0.2) is 56.2 Å². The topological polar surface area (TPSA) is 84.1 Å². The van der Waals surface area contributed by atoms with Crippen molar-refractivity contribution < 1.29 is 4.52 Å². The first-order valence-electron chi connectivity index (χ1n) is 11.4. The van der Waals surface area contributed by atoms with Gasteiger partial charge in [-0.3, -0.25) is 9.88 Å². The lowest BCUT2D eigenvalue weighted by atomic mass is 9.97. The Morgan fingerprint density at radius 1 is 0.909 bits per heavy atom. The molecule has 4 heterocycles. The van der Waals surface area contributed by atoms with Crippen LogP contribution in [0, 0.1) is 0 Å². The minimum Gasteiger partial charge on any atom is -0.355 e. The van der Waals surface area contributed by atoms with Crippen LogP contribution in [0.4, 0.5) is 5.82 Å². The molecule has 0 radical (unpaired) electrons. The molecule has 0 amide bonds. The van der Waals surface area contributed by atoms with E-state index in [2.05, 4.69) is 63.9 Å². The van der Waals surface area contributed by atoms with E-state index in [9.17, 15) is 0 Å². The van der Waals surface area contributed by atoms with Gasteiger partial charge in [0.1, 0.15) is 5.82 Å². The van der Waals surface area contributed by atoms with Crippen LogP contribution >= 0.6 is 0 Å². The van der Waals surface area contributed by atoms with Crippen molar-refractivity contribution in [3.63, 3.8) is 0 Å². The van der Waals surface area contributed by atoms with Crippen LogP contribution in [-0.2, 0) is 12.0 Å². The Balaban J connectivity index is 1.38. The van der Waals surface area contributed by atoms with Gasteiger partial charge in [-0.1, -0.05) is 38.1 Å². The van der Waals surface area contributed by atoms with Crippen LogP contribution in [0.3, 0.4) is 0 Å². The van der Waals surface area contributed by atoms with Gasteiger partial charge in [0.05, 0.1) is 12.1 Å². The molecule has 3 aromatic heterocycles. The Hall–Kier alpha value is -3.39. The average molecular weight is 444 g/mol. The SMILES string of the molecule is CC(C)(C)c1nc(CN2CCCN(c3nc(-c4ccncc4)nc4ccccc34)CC2)no1. The fraction of sp³-hybridized carbons (Fsp3) is 0.400. The van der Waals surface area contributed by atoms with E-state index in [-0.39, 0.29) is 5.41 Å². The molecule has 0 atom stereocenters. The van der Waals surface area contributed by atoms with Gasteiger partial charge in [0.2, 0.25) is 5.89 Å². The number of nitrogens with zero attached hydrogens (tertiary/aromatic N) is 7. The summed E-state index contributed by atoms with van der Waals surface area (Å²) in [5, 5.41) is 5.28. The molecule has 1 saturated heterocycles. The Morgan fingerprint density at radius 3 is 2.52 bits per heavy atom. The normalized spacial score (nSPS) is 15.7. The Kier molecular flexibility index (Phi) is 5.76. The van der Waals surface area contributed by atoms with E-state index in [1.54, 1.807) is 12.4 Å². The summed E-state index contributed by atoms with van der Waals surface area (Å²) in [6.07, 6.45) is 4.59. The van der Waals surface area contributed by atoms with Gasteiger partial charge in [-0.15, -0.1) is 0 Å². The lowest BCUT2D eigenvalue weighted by molar-refractivity contribution is 0.269. The zero-order valence-electron chi connectivity index (χ0n) is 19.4. The average Bonchev–Trinajstić information content (AvgIpc) is 3.18. The van der Waals surface area contributed by atoms with E-state index < -0.39 is 0 Å². The fourth-order valence-electron chi connectivity index (χ4n) is 4.09. The molecule has 1 aromatic carbocycles. The van der Waals surface area contributed by atoms with Crippen molar-refractivity contribution in [3.8, 4) is 11.4 Å². The second-order valence-corrected chi connectivity index (χ2v) is 9.51. The van der Waals surface area contributed by atoms with Crippen molar-refractivity contribution in [1.29, 1.82) is 0 Å². The van der Waals surface area contributed by atoms with Gasteiger partial charge in [-0.25, -0.2) is 9.97 Å². The number of rotatable bonds is 4. The van der Waals surface area contributed by atoms with E-state index in [4.69, 9.17) is 14.5 Å². The van der Waals surface area contributed by atoms with Crippen LogP contribution < -0.4 is 4.90 Å². The molecule has 1 aliphatic rings. The molecule has 0 saturated carbocycles. The first-order valence-corrected chi connectivity index (χ1v) is 11.4. The summed E-state index contributed by atoms with van der Waals surface area (Å²) in [6, 6.07) is 12.1. The number of hydrogen-bond donors (Lipinski definition) is 0. The first-order chi connectivity index (χ1) is 16.0. The third-order valence-electron chi connectivity index (χ3n) is 5.88. The van der Waals surface area contributed by atoms with Crippen LogP contribution in [0.25, 0.3) is 22.3 Å². The maximum atomic E-state index is 5.48. The van der Waals surface area contributed by atoms with Crippen LogP contribution in [0.15, 0.2) is 53.3 Å². The minimum absolute atomic E-state index is 0.137. The predicted molar refractivity (Wildman–Crippen MR) is 128 cm³/mol.